The number of hydrogen-bond acceptors (Lipinski definition) is 3. The zero-order valence-corrected chi connectivity index (χ0v) is 10.5. The topological polar surface area (TPSA) is 92.4 Å². The highest BCUT2D eigenvalue weighted by Gasteiger charge is 2.14. The number of carbonyl (C=O) groups excluding carboxylic acids is 2. The fourth-order valence-electron chi connectivity index (χ4n) is 1.27. The van der Waals surface area contributed by atoms with Gasteiger partial charge in [-0.2, -0.15) is 0 Å². The fraction of sp³-hybridized carbons (Fsp3) is 0.333. The standard InChI is InChI=1S/C10H12N2O3.C2H6/c1-5-3-8(13)7(10(15)12-2)4-6(5)9(11)14;1-2/h3-4,13H,1-2H3,(H2,11,14)(H,12,15);1-2H3. The Morgan fingerprint density at radius 1 is 1.24 bits per heavy atom. The molecule has 5 nitrogen and oxygen atoms in total. The van der Waals surface area contributed by atoms with E-state index in [2.05, 4.69) is 5.32 Å². The predicted molar refractivity (Wildman–Crippen MR) is 66.1 cm³/mol. The lowest BCUT2D eigenvalue weighted by atomic mass is 10.0. The minimum Gasteiger partial charge on any atom is -0.507 e. The third-order valence-corrected chi connectivity index (χ3v) is 2.08. The maximum Gasteiger partial charge on any atom is 0.254 e. The number of nitrogens with two attached hydrogens (primary N) is 1. The van der Waals surface area contributed by atoms with E-state index in [9.17, 15) is 14.7 Å². The molecule has 0 aliphatic rings. The lowest BCUT2D eigenvalue weighted by Gasteiger charge is -2.07. The summed E-state index contributed by atoms with van der Waals surface area (Å²) >= 11 is 0. The van der Waals surface area contributed by atoms with Gasteiger partial charge in [0.25, 0.3) is 5.91 Å². The Morgan fingerprint density at radius 2 is 1.76 bits per heavy atom. The third kappa shape index (κ3) is 3.48. The van der Waals surface area contributed by atoms with Crippen molar-refractivity contribution in [1.82, 2.24) is 5.32 Å². The van der Waals surface area contributed by atoms with Crippen molar-refractivity contribution < 1.29 is 14.7 Å². The monoisotopic (exact) mass is 238 g/mol. The molecule has 0 unspecified atom stereocenters. The van der Waals surface area contributed by atoms with Crippen LogP contribution in [0.1, 0.15) is 40.1 Å². The molecule has 0 saturated carbocycles. The van der Waals surface area contributed by atoms with Gasteiger partial charge in [-0.15, -0.1) is 0 Å². The molecule has 1 rings (SSSR count). The van der Waals surface area contributed by atoms with Gasteiger partial charge in [-0.05, 0) is 24.6 Å². The Hall–Kier alpha value is -2.04. The second kappa shape index (κ2) is 6.52. The molecule has 1 aromatic carbocycles. The van der Waals surface area contributed by atoms with Crippen LogP contribution in [0.4, 0.5) is 0 Å². The van der Waals surface area contributed by atoms with Gasteiger partial charge in [-0.3, -0.25) is 9.59 Å². The van der Waals surface area contributed by atoms with Crippen LogP contribution >= 0.6 is 0 Å². The van der Waals surface area contributed by atoms with Gasteiger partial charge in [-0.25, -0.2) is 0 Å². The van der Waals surface area contributed by atoms with Crippen LogP contribution in [0.3, 0.4) is 0 Å². The van der Waals surface area contributed by atoms with Gasteiger partial charge >= 0.3 is 0 Å². The number of phenols is 1. The van der Waals surface area contributed by atoms with E-state index in [0.29, 0.717) is 5.56 Å². The van der Waals surface area contributed by atoms with Crippen molar-refractivity contribution in [3.05, 3.63) is 28.8 Å². The molecule has 0 aliphatic heterocycles. The second-order valence-corrected chi connectivity index (χ2v) is 3.13. The molecule has 0 saturated heterocycles. The summed E-state index contributed by atoms with van der Waals surface area (Å²) in [6.07, 6.45) is 0. The summed E-state index contributed by atoms with van der Waals surface area (Å²) in [5, 5.41) is 11.8. The van der Waals surface area contributed by atoms with Crippen LogP contribution in [0.5, 0.6) is 5.75 Å². The van der Waals surface area contributed by atoms with Crippen LogP contribution in [0, 0.1) is 6.92 Å². The summed E-state index contributed by atoms with van der Waals surface area (Å²) in [5.41, 5.74) is 5.92. The average molecular weight is 238 g/mol. The zero-order chi connectivity index (χ0) is 13.6. The Morgan fingerprint density at radius 3 is 2.18 bits per heavy atom. The number of amides is 2. The Labute approximate surface area is 101 Å². The SMILES string of the molecule is CC.CNC(=O)c1cc(C(N)=O)c(C)cc1O. The first-order chi connectivity index (χ1) is 7.97. The van der Waals surface area contributed by atoms with E-state index < -0.39 is 11.8 Å². The summed E-state index contributed by atoms with van der Waals surface area (Å²) in [7, 11) is 1.44. The van der Waals surface area contributed by atoms with Crippen molar-refractivity contribution in [1.29, 1.82) is 0 Å². The molecular formula is C12H18N2O3. The van der Waals surface area contributed by atoms with Gasteiger partial charge in [0.1, 0.15) is 5.75 Å². The number of rotatable bonds is 2. The minimum absolute atomic E-state index is 0.0388. The van der Waals surface area contributed by atoms with Gasteiger partial charge in [0.05, 0.1) is 5.56 Å². The van der Waals surface area contributed by atoms with Gasteiger partial charge < -0.3 is 16.2 Å². The lowest BCUT2D eigenvalue weighted by Crippen LogP contribution is -2.20. The van der Waals surface area contributed by atoms with Crippen molar-refractivity contribution in [3.63, 3.8) is 0 Å². The summed E-state index contributed by atoms with van der Waals surface area (Å²) in [6.45, 7) is 5.63. The van der Waals surface area contributed by atoms with Crippen molar-refractivity contribution in [2.75, 3.05) is 7.05 Å². The van der Waals surface area contributed by atoms with Crippen LogP contribution < -0.4 is 11.1 Å². The molecule has 0 spiro atoms. The normalized spacial score (nSPS) is 8.94. The molecule has 0 aliphatic carbocycles. The number of benzene rings is 1. The summed E-state index contributed by atoms with van der Waals surface area (Å²) in [5.74, 6) is -1.26. The highest BCUT2D eigenvalue weighted by molar-refractivity contribution is 6.01. The van der Waals surface area contributed by atoms with E-state index in [4.69, 9.17) is 5.73 Å². The first-order valence-electron chi connectivity index (χ1n) is 5.33. The van der Waals surface area contributed by atoms with Crippen LogP contribution in [0.2, 0.25) is 0 Å². The largest absolute Gasteiger partial charge is 0.507 e. The lowest BCUT2D eigenvalue weighted by molar-refractivity contribution is 0.0960. The molecule has 2 amide bonds. The molecule has 0 fully saturated rings. The van der Waals surface area contributed by atoms with E-state index in [-0.39, 0.29) is 16.9 Å². The first-order valence-corrected chi connectivity index (χ1v) is 5.33. The van der Waals surface area contributed by atoms with Crippen molar-refractivity contribution >= 4 is 11.8 Å². The number of aryl methyl sites for hydroxylation is 1. The smallest absolute Gasteiger partial charge is 0.254 e. The Kier molecular flexibility index (Phi) is 5.74. The van der Waals surface area contributed by atoms with Gasteiger partial charge in [0.15, 0.2) is 0 Å². The fourth-order valence-corrected chi connectivity index (χ4v) is 1.27. The Bertz CT molecular complexity index is 428. The van der Waals surface area contributed by atoms with E-state index in [1.165, 1.54) is 19.2 Å². The van der Waals surface area contributed by atoms with Crippen molar-refractivity contribution in [2.45, 2.75) is 20.8 Å². The molecule has 5 heteroatoms. The summed E-state index contributed by atoms with van der Waals surface area (Å²) < 4.78 is 0. The van der Waals surface area contributed by atoms with E-state index >= 15 is 0 Å². The number of nitrogens with one attached hydrogen (secondary N) is 1. The van der Waals surface area contributed by atoms with E-state index in [1.807, 2.05) is 13.8 Å². The molecule has 0 aromatic heterocycles. The number of aromatic hydroxyl groups is 1. The molecule has 94 valence electrons. The molecule has 17 heavy (non-hydrogen) atoms. The molecule has 4 N–H and O–H groups in total. The van der Waals surface area contributed by atoms with E-state index in [0.717, 1.165) is 0 Å². The number of carbonyl (C=O) groups is 2. The molecular weight excluding hydrogens is 220 g/mol. The quantitative estimate of drug-likeness (QED) is 0.722. The second-order valence-electron chi connectivity index (χ2n) is 3.13. The molecule has 1 aromatic rings. The van der Waals surface area contributed by atoms with Crippen LogP contribution in [-0.4, -0.2) is 24.0 Å². The zero-order valence-electron chi connectivity index (χ0n) is 10.5. The summed E-state index contributed by atoms with van der Waals surface area (Å²) in [6, 6.07) is 2.62. The average Bonchev–Trinajstić information content (AvgIpc) is 2.30. The summed E-state index contributed by atoms with van der Waals surface area (Å²) in [4.78, 5) is 22.3. The molecule has 0 bridgehead atoms. The van der Waals surface area contributed by atoms with Crippen LogP contribution in [-0.2, 0) is 0 Å². The van der Waals surface area contributed by atoms with Gasteiger partial charge in [0.2, 0.25) is 5.91 Å². The molecule has 0 atom stereocenters. The number of hydrogen-bond donors (Lipinski definition) is 3. The minimum atomic E-state index is -0.627. The van der Waals surface area contributed by atoms with Crippen LogP contribution in [0.15, 0.2) is 12.1 Å². The Balaban J connectivity index is 0.00000121. The molecule has 0 heterocycles. The maximum atomic E-state index is 11.3. The maximum absolute atomic E-state index is 11.3. The van der Waals surface area contributed by atoms with Gasteiger partial charge in [-0.1, -0.05) is 13.8 Å². The van der Waals surface area contributed by atoms with E-state index in [1.54, 1.807) is 6.92 Å². The van der Waals surface area contributed by atoms with Crippen LogP contribution in [0.25, 0.3) is 0 Å². The number of primary amides is 1. The van der Waals surface area contributed by atoms with Crippen molar-refractivity contribution in [2.24, 2.45) is 5.73 Å². The van der Waals surface area contributed by atoms with Crippen molar-refractivity contribution in [3.8, 4) is 5.75 Å². The number of phenolic OH excluding ortho intramolecular Hbond substituents is 1. The molecule has 0 radical (unpaired) electrons. The van der Waals surface area contributed by atoms with Gasteiger partial charge in [0, 0.05) is 12.6 Å². The third-order valence-electron chi connectivity index (χ3n) is 2.08. The predicted octanol–water partition coefficient (Wildman–Crippen LogP) is 1.19. The highest BCUT2D eigenvalue weighted by Crippen LogP contribution is 2.21. The highest BCUT2D eigenvalue weighted by atomic mass is 16.3. The first kappa shape index (κ1) is 15.0.